The van der Waals surface area contributed by atoms with Crippen LogP contribution in [0.5, 0.6) is 0 Å². The van der Waals surface area contributed by atoms with E-state index < -0.39 is 36.0 Å². The second-order valence-electron chi connectivity index (χ2n) is 10.5. The summed E-state index contributed by atoms with van der Waals surface area (Å²) in [5, 5.41) is 14.6. The summed E-state index contributed by atoms with van der Waals surface area (Å²) in [6, 6.07) is 24.7. The minimum atomic E-state index is -1.27. The molecule has 204 valence electrons. The molecule has 8 nitrogen and oxygen atoms in total. The van der Waals surface area contributed by atoms with E-state index in [1.807, 2.05) is 99.8 Å². The van der Waals surface area contributed by atoms with Crippen molar-refractivity contribution in [1.82, 2.24) is 15.5 Å². The summed E-state index contributed by atoms with van der Waals surface area (Å²) in [6.07, 6.45) is -1.39. The van der Waals surface area contributed by atoms with Gasteiger partial charge in [0.15, 0.2) is 0 Å². The number of ether oxygens (including phenoxy) is 1. The first kappa shape index (κ1) is 27.9. The summed E-state index contributed by atoms with van der Waals surface area (Å²) < 4.78 is 5.52. The zero-order chi connectivity index (χ0) is 28.0. The van der Waals surface area contributed by atoms with Crippen molar-refractivity contribution < 1.29 is 24.2 Å². The molecular formula is C31H35N3O5. The quantitative estimate of drug-likeness (QED) is 0.340. The van der Waals surface area contributed by atoms with Crippen LogP contribution in [0.1, 0.15) is 42.9 Å². The first-order chi connectivity index (χ1) is 18.7. The third-order valence-electron chi connectivity index (χ3n) is 7.32. The predicted molar refractivity (Wildman–Crippen MR) is 149 cm³/mol. The molecule has 8 heteroatoms. The molecule has 3 aromatic carbocycles. The van der Waals surface area contributed by atoms with Gasteiger partial charge in [0, 0.05) is 24.5 Å². The molecule has 3 N–H and O–H groups in total. The van der Waals surface area contributed by atoms with E-state index in [-0.39, 0.29) is 19.1 Å². The third kappa shape index (κ3) is 6.83. The van der Waals surface area contributed by atoms with E-state index in [9.17, 15) is 19.5 Å². The molecule has 0 heterocycles. The van der Waals surface area contributed by atoms with Crippen molar-refractivity contribution in [2.45, 2.75) is 44.3 Å². The van der Waals surface area contributed by atoms with Crippen LogP contribution in [-0.4, -0.2) is 59.8 Å². The van der Waals surface area contributed by atoms with E-state index in [2.05, 4.69) is 15.5 Å². The number of nitrogens with zero attached hydrogens (tertiary/aromatic N) is 1. The molecule has 3 aromatic rings. The number of rotatable bonds is 11. The van der Waals surface area contributed by atoms with Gasteiger partial charge in [-0.2, -0.15) is 0 Å². The van der Waals surface area contributed by atoms with Crippen LogP contribution in [0.3, 0.4) is 0 Å². The Bertz CT molecular complexity index is 1280. The van der Waals surface area contributed by atoms with E-state index in [0.29, 0.717) is 6.54 Å². The zero-order valence-electron chi connectivity index (χ0n) is 22.5. The van der Waals surface area contributed by atoms with Crippen LogP contribution in [0.2, 0.25) is 0 Å². The number of carbonyl (C=O) groups excluding carboxylic acids is 2. The Hall–Kier alpha value is -4.17. The Labute approximate surface area is 229 Å². The minimum absolute atomic E-state index is 0.0680. The van der Waals surface area contributed by atoms with Gasteiger partial charge in [-0.05, 0) is 48.7 Å². The van der Waals surface area contributed by atoms with Crippen molar-refractivity contribution in [1.29, 1.82) is 0 Å². The average molecular weight is 530 g/mol. The van der Waals surface area contributed by atoms with Gasteiger partial charge in [-0.25, -0.2) is 4.79 Å². The molecule has 1 atom stereocenters. The van der Waals surface area contributed by atoms with Crippen LogP contribution in [0, 0.1) is 0 Å². The highest BCUT2D eigenvalue weighted by Crippen LogP contribution is 2.44. The van der Waals surface area contributed by atoms with Crippen molar-refractivity contribution in [2.75, 3.05) is 20.2 Å². The van der Waals surface area contributed by atoms with Crippen LogP contribution < -0.4 is 10.6 Å². The Morgan fingerprint density at radius 1 is 0.923 bits per heavy atom. The average Bonchev–Trinajstić information content (AvgIpc) is 3.24. The molecule has 1 aliphatic carbocycles. The van der Waals surface area contributed by atoms with Gasteiger partial charge < -0.3 is 20.5 Å². The Balaban J connectivity index is 1.35. The fraction of sp³-hybridized carbons (Fsp3) is 0.323. The van der Waals surface area contributed by atoms with Crippen LogP contribution >= 0.6 is 0 Å². The van der Waals surface area contributed by atoms with E-state index in [0.717, 1.165) is 27.8 Å². The summed E-state index contributed by atoms with van der Waals surface area (Å²) in [6.45, 7) is 4.99. The van der Waals surface area contributed by atoms with Crippen LogP contribution in [-0.2, 0) is 20.9 Å². The molecular weight excluding hydrogens is 494 g/mol. The Morgan fingerprint density at radius 3 is 2.08 bits per heavy atom. The lowest BCUT2D eigenvalue weighted by atomic mass is 9.98. The number of hydrogen-bond acceptors (Lipinski definition) is 5. The molecule has 0 fully saturated rings. The fourth-order valence-corrected chi connectivity index (χ4v) is 4.80. The van der Waals surface area contributed by atoms with Gasteiger partial charge in [0.05, 0.1) is 6.42 Å². The van der Waals surface area contributed by atoms with Crippen molar-refractivity contribution in [2.24, 2.45) is 0 Å². The Kier molecular flexibility index (Phi) is 8.66. The van der Waals surface area contributed by atoms with Gasteiger partial charge in [0.1, 0.15) is 12.6 Å². The van der Waals surface area contributed by atoms with Gasteiger partial charge in [0.25, 0.3) is 0 Å². The van der Waals surface area contributed by atoms with E-state index in [1.54, 1.807) is 0 Å². The highest BCUT2D eigenvalue weighted by molar-refractivity contribution is 5.89. The SMILES string of the molecule is CN(Cc1ccccc1)C(C)(C)CNC(=O)C(CC(=O)O)NC(=O)OCC1c2ccccc2-c2ccccc21. The van der Waals surface area contributed by atoms with Gasteiger partial charge >= 0.3 is 12.1 Å². The van der Waals surface area contributed by atoms with Crippen LogP contribution in [0.4, 0.5) is 4.79 Å². The molecule has 4 rings (SSSR count). The number of aliphatic carboxylic acids is 1. The number of alkyl carbamates (subject to hydrolysis) is 1. The van der Waals surface area contributed by atoms with Gasteiger partial charge in [-0.15, -0.1) is 0 Å². The second-order valence-corrected chi connectivity index (χ2v) is 10.5. The smallest absolute Gasteiger partial charge is 0.407 e. The molecule has 0 bridgehead atoms. The van der Waals surface area contributed by atoms with Crippen molar-refractivity contribution >= 4 is 18.0 Å². The highest BCUT2D eigenvalue weighted by Gasteiger charge is 2.31. The van der Waals surface area contributed by atoms with Crippen molar-refractivity contribution in [3.05, 3.63) is 95.6 Å². The molecule has 39 heavy (non-hydrogen) atoms. The minimum Gasteiger partial charge on any atom is -0.481 e. The number of hydrogen-bond donors (Lipinski definition) is 3. The van der Waals surface area contributed by atoms with Crippen molar-refractivity contribution in [3.63, 3.8) is 0 Å². The molecule has 0 saturated carbocycles. The maximum absolute atomic E-state index is 13.0. The number of amides is 2. The number of carboxylic acid groups (broad SMARTS) is 1. The summed E-state index contributed by atoms with van der Waals surface area (Å²) in [5.74, 6) is -1.92. The first-order valence-electron chi connectivity index (χ1n) is 13.0. The standard InChI is InChI=1S/C31H35N3O5/c1-31(2,34(3)18-21-11-5-4-6-12-21)20-32-29(37)27(17-28(35)36)33-30(38)39-19-26-24-15-9-7-13-22(24)23-14-8-10-16-25(23)26/h4-16,26-27H,17-20H2,1-3H3,(H,32,37)(H,33,38)(H,35,36). The molecule has 0 radical (unpaired) electrons. The zero-order valence-corrected chi connectivity index (χ0v) is 22.5. The van der Waals surface area contributed by atoms with Crippen LogP contribution in [0.25, 0.3) is 11.1 Å². The number of fused-ring (bicyclic) bond motifs is 3. The number of benzene rings is 3. The number of carboxylic acids is 1. The van der Waals surface area contributed by atoms with Gasteiger partial charge in [-0.1, -0.05) is 78.9 Å². The lowest BCUT2D eigenvalue weighted by Gasteiger charge is -2.36. The lowest BCUT2D eigenvalue weighted by molar-refractivity contribution is -0.139. The predicted octanol–water partition coefficient (Wildman–Crippen LogP) is 4.40. The summed E-state index contributed by atoms with van der Waals surface area (Å²) >= 11 is 0. The second kappa shape index (κ2) is 12.1. The summed E-state index contributed by atoms with van der Waals surface area (Å²) in [7, 11) is 1.96. The topological polar surface area (TPSA) is 108 Å². The van der Waals surface area contributed by atoms with Gasteiger partial charge in [-0.3, -0.25) is 14.5 Å². The van der Waals surface area contributed by atoms with Gasteiger partial charge in [0.2, 0.25) is 5.91 Å². The largest absolute Gasteiger partial charge is 0.481 e. The summed E-state index contributed by atoms with van der Waals surface area (Å²) in [5.41, 5.74) is 5.04. The third-order valence-corrected chi connectivity index (χ3v) is 7.32. The van der Waals surface area contributed by atoms with Crippen LogP contribution in [0.15, 0.2) is 78.9 Å². The molecule has 0 spiro atoms. The lowest BCUT2D eigenvalue weighted by Crippen LogP contribution is -2.54. The van der Waals surface area contributed by atoms with Crippen molar-refractivity contribution in [3.8, 4) is 11.1 Å². The summed E-state index contributed by atoms with van der Waals surface area (Å²) in [4.78, 5) is 39.3. The number of carbonyl (C=O) groups is 3. The molecule has 0 saturated heterocycles. The Morgan fingerprint density at radius 2 is 1.49 bits per heavy atom. The highest BCUT2D eigenvalue weighted by atomic mass is 16.5. The van der Waals surface area contributed by atoms with E-state index in [4.69, 9.17) is 4.74 Å². The maximum atomic E-state index is 13.0. The molecule has 0 aliphatic heterocycles. The van der Waals surface area contributed by atoms with E-state index in [1.165, 1.54) is 0 Å². The normalized spacial score (nSPS) is 13.3. The maximum Gasteiger partial charge on any atom is 0.407 e. The monoisotopic (exact) mass is 529 g/mol. The first-order valence-corrected chi connectivity index (χ1v) is 13.0. The molecule has 1 aliphatic rings. The molecule has 2 amide bonds. The fourth-order valence-electron chi connectivity index (χ4n) is 4.80. The van der Waals surface area contributed by atoms with E-state index >= 15 is 0 Å². The number of nitrogens with one attached hydrogen (secondary N) is 2. The molecule has 0 aromatic heterocycles. The number of likely N-dealkylation sites (N-methyl/N-ethyl adjacent to an activating group) is 1. The molecule has 1 unspecified atom stereocenters.